The number of aliphatic hydroxyl groups excluding tert-OH is 1. The van der Waals surface area contributed by atoms with Crippen molar-refractivity contribution in [3.63, 3.8) is 0 Å². The number of unbranched alkanes of at least 4 members (excludes halogenated alkanes) is 4. The van der Waals surface area contributed by atoms with Crippen molar-refractivity contribution in [2.24, 2.45) is 17.3 Å². The molecule has 3 unspecified atom stereocenters. The van der Waals surface area contributed by atoms with Gasteiger partial charge in [0.15, 0.2) is 5.85 Å². The molecule has 0 aromatic rings. The van der Waals surface area contributed by atoms with Crippen molar-refractivity contribution >= 4 is 25.3 Å². The summed E-state index contributed by atoms with van der Waals surface area (Å²) in [6, 6.07) is -1.96. The minimum atomic E-state index is -4.07. The quantitative estimate of drug-likeness (QED) is 0.112. The summed E-state index contributed by atoms with van der Waals surface area (Å²) in [6.07, 6.45) is 14.0. The smallest absolute Gasteiger partial charge is 0.360 e. The van der Waals surface area contributed by atoms with Gasteiger partial charge in [-0.15, -0.1) is 0 Å². The first-order valence-corrected chi connectivity index (χ1v) is 18.2. The Morgan fingerprint density at radius 2 is 1.70 bits per heavy atom. The Morgan fingerprint density at radius 3 is 2.30 bits per heavy atom. The zero-order valence-electron chi connectivity index (χ0n) is 27.2. The molecule has 0 aromatic heterocycles. The van der Waals surface area contributed by atoms with Gasteiger partial charge in [0.2, 0.25) is 17.7 Å². The molecule has 4 N–H and O–H groups in total. The molecule has 43 heavy (non-hydrogen) atoms. The van der Waals surface area contributed by atoms with Gasteiger partial charge in [0, 0.05) is 12.5 Å². The van der Waals surface area contributed by atoms with Gasteiger partial charge in [0.25, 0.3) is 0 Å². The molecule has 1 fully saturated rings. The topological polar surface area (TPSA) is 143 Å². The fourth-order valence-corrected chi connectivity index (χ4v) is 7.92. The summed E-state index contributed by atoms with van der Waals surface area (Å²) in [5.74, 6) is -2.58. The second kappa shape index (κ2) is 18.9. The second-order valence-corrected chi connectivity index (χ2v) is 14.7. The molecule has 2 aliphatic heterocycles. The monoisotopic (exact) mass is 627 g/mol. The first-order chi connectivity index (χ1) is 20.5. The molecule has 10 nitrogen and oxygen atoms in total. The minimum absolute atomic E-state index is 0.0369. The van der Waals surface area contributed by atoms with Gasteiger partial charge < -0.3 is 30.1 Å². The lowest BCUT2D eigenvalue weighted by Crippen LogP contribution is -2.55. The summed E-state index contributed by atoms with van der Waals surface area (Å²) in [5, 5.41) is 20.3. The molecule has 248 valence electrons. The summed E-state index contributed by atoms with van der Waals surface area (Å²) in [4.78, 5) is 40.7. The van der Waals surface area contributed by atoms with Crippen LogP contribution in [0.25, 0.3) is 0 Å². The van der Waals surface area contributed by atoms with Gasteiger partial charge in [0.1, 0.15) is 6.04 Å². The number of allylic oxidation sites excluding steroid dienone is 2. The molecule has 2 aliphatic rings. The van der Waals surface area contributed by atoms with Gasteiger partial charge >= 0.3 is 7.60 Å². The highest BCUT2D eigenvalue weighted by Gasteiger charge is 2.49. The van der Waals surface area contributed by atoms with Crippen LogP contribution < -0.4 is 16.0 Å². The zero-order valence-corrected chi connectivity index (χ0v) is 28.1. The highest BCUT2D eigenvalue weighted by Crippen LogP contribution is 2.54. The molecular formula is C32H58N3O7P. The summed E-state index contributed by atoms with van der Waals surface area (Å²) in [5.41, 5.74) is -0.906. The van der Waals surface area contributed by atoms with Crippen LogP contribution >= 0.6 is 7.60 Å². The lowest BCUT2D eigenvalue weighted by molar-refractivity contribution is -0.133. The van der Waals surface area contributed by atoms with Crippen LogP contribution in [0.4, 0.5) is 0 Å². The van der Waals surface area contributed by atoms with E-state index in [4.69, 9.17) is 9.05 Å². The van der Waals surface area contributed by atoms with Crippen LogP contribution in [0.5, 0.6) is 0 Å². The van der Waals surface area contributed by atoms with Crippen molar-refractivity contribution in [1.29, 1.82) is 0 Å². The molecule has 0 aromatic carbocycles. The number of amides is 3. The Morgan fingerprint density at radius 1 is 1.00 bits per heavy atom. The highest BCUT2D eigenvalue weighted by atomic mass is 31.2. The Bertz CT molecular complexity index is 949. The maximum absolute atomic E-state index is 13.9. The molecule has 1 saturated heterocycles. The van der Waals surface area contributed by atoms with Crippen molar-refractivity contribution in [2.45, 2.75) is 136 Å². The Labute approximate surface area is 259 Å². The predicted octanol–water partition coefficient (Wildman–Crippen LogP) is 5.59. The van der Waals surface area contributed by atoms with Crippen molar-refractivity contribution in [1.82, 2.24) is 16.0 Å². The predicted molar refractivity (Wildman–Crippen MR) is 169 cm³/mol. The average Bonchev–Trinajstić information content (AvgIpc) is 3.31. The van der Waals surface area contributed by atoms with Crippen molar-refractivity contribution < 1.29 is 33.1 Å². The van der Waals surface area contributed by atoms with Crippen LogP contribution in [0.1, 0.15) is 118 Å². The van der Waals surface area contributed by atoms with E-state index in [2.05, 4.69) is 29.0 Å². The lowest BCUT2D eigenvalue weighted by atomic mass is 9.77. The van der Waals surface area contributed by atoms with E-state index < -0.39 is 36.8 Å². The van der Waals surface area contributed by atoms with E-state index in [0.717, 1.165) is 51.4 Å². The molecule has 2 rings (SSSR count). The first-order valence-electron chi connectivity index (χ1n) is 16.6. The van der Waals surface area contributed by atoms with E-state index in [1.54, 1.807) is 13.8 Å². The lowest BCUT2D eigenvalue weighted by Gasteiger charge is -2.36. The van der Waals surface area contributed by atoms with Crippen molar-refractivity contribution in [2.75, 3.05) is 19.8 Å². The van der Waals surface area contributed by atoms with Crippen LogP contribution in [0.15, 0.2) is 12.2 Å². The third kappa shape index (κ3) is 11.6. The van der Waals surface area contributed by atoms with E-state index >= 15 is 0 Å². The molecule has 0 aliphatic carbocycles. The largest absolute Gasteiger partial charge is 0.379 e. The molecule has 3 amide bonds. The first kappa shape index (κ1) is 37.4. The third-order valence-corrected chi connectivity index (χ3v) is 10.8. The van der Waals surface area contributed by atoms with Crippen LogP contribution in [0.2, 0.25) is 0 Å². The van der Waals surface area contributed by atoms with Gasteiger partial charge in [-0.2, -0.15) is 0 Å². The van der Waals surface area contributed by atoms with Gasteiger partial charge in [-0.1, -0.05) is 65.0 Å². The van der Waals surface area contributed by atoms with E-state index in [1.165, 1.54) is 6.42 Å². The van der Waals surface area contributed by atoms with Gasteiger partial charge in [-0.25, -0.2) is 0 Å². The minimum Gasteiger partial charge on any atom is -0.379 e. The van der Waals surface area contributed by atoms with Crippen molar-refractivity contribution in [3.8, 4) is 0 Å². The van der Waals surface area contributed by atoms with Crippen LogP contribution in [0.3, 0.4) is 0 Å². The Balaban J connectivity index is 2.45. The standard InChI is InChI=1S/C32H58N3O7P/c1-6-9-10-11-14-17-25-18-15-12-13-16-19-32(20-21-33-31(32)39)23-27(30(38)43(40,41-7-2)42-8-3)35-29(37)26(22-24(4)5)34-28(25)36/h13,16,24-27,30,38H,6-12,14-15,17-23H2,1-5H3,(H,33,39)(H,34,36)(H,35,37)/b16-13+/t25?,26-,27-,30?,32?/m0/s1. The maximum atomic E-state index is 13.9. The van der Waals surface area contributed by atoms with Crippen LogP contribution in [-0.4, -0.2) is 60.5 Å². The van der Waals surface area contributed by atoms with Crippen LogP contribution in [-0.2, 0) is 28.0 Å². The van der Waals surface area contributed by atoms with E-state index in [1.807, 2.05) is 19.9 Å². The van der Waals surface area contributed by atoms with Crippen LogP contribution in [0, 0.1) is 17.3 Å². The number of carbonyl (C=O) groups excluding carboxylic acids is 3. The number of carbonyl (C=O) groups is 3. The number of hydrogen-bond donors (Lipinski definition) is 4. The molecule has 5 atom stereocenters. The molecule has 0 saturated carbocycles. The SMILES string of the molecule is CCCCCCCC1CCC/C=C/CC2(CCNC2=O)C[C@@H](C(O)P(=O)(OCC)OCC)NC(=O)[C@H](CC(C)C)NC1=O. The fraction of sp³-hybridized carbons (Fsp3) is 0.844. The summed E-state index contributed by atoms with van der Waals surface area (Å²) in [6.45, 7) is 9.99. The molecule has 11 heteroatoms. The van der Waals surface area contributed by atoms with Gasteiger partial charge in [-0.05, 0) is 71.1 Å². The number of nitrogens with one attached hydrogen (secondary N) is 3. The number of hydrogen-bond acceptors (Lipinski definition) is 7. The Kier molecular flexibility index (Phi) is 16.5. The average molecular weight is 628 g/mol. The van der Waals surface area contributed by atoms with Gasteiger partial charge in [-0.3, -0.25) is 18.9 Å². The summed E-state index contributed by atoms with van der Waals surface area (Å²) < 4.78 is 24.6. The van der Waals surface area contributed by atoms with Gasteiger partial charge in [0.05, 0.1) is 24.7 Å². The van der Waals surface area contributed by atoms with E-state index in [-0.39, 0.29) is 43.3 Å². The maximum Gasteiger partial charge on any atom is 0.360 e. The molecule has 1 spiro atoms. The summed E-state index contributed by atoms with van der Waals surface area (Å²) in [7, 11) is -4.07. The zero-order chi connectivity index (χ0) is 31.9. The number of rotatable bonds is 14. The van der Waals surface area contributed by atoms with Crippen molar-refractivity contribution in [3.05, 3.63) is 12.2 Å². The normalized spacial score (nSPS) is 27.7. The molecule has 0 radical (unpaired) electrons. The summed E-state index contributed by atoms with van der Waals surface area (Å²) >= 11 is 0. The Hall–Kier alpha value is -1.74. The molecule has 0 bridgehead atoms. The second-order valence-electron chi connectivity index (χ2n) is 12.6. The number of aliphatic hydroxyl groups is 1. The van der Waals surface area contributed by atoms with E-state index in [9.17, 15) is 24.1 Å². The fourth-order valence-electron chi connectivity index (χ4n) is 6.20. The third-order valence-electron chi connectivity index (χ3n) is 8.58. The molecular weight excluding hydrogens is 569 g/mol. The molecule has 2 heterocycles. The van der Waals surface area contributed by atoms with E-state index in [0.29, 0.717) is 25.8 Å². The highest BCUT2D eigenvalue weighted by molar-refractivity contribution is 7.54.